The first-order valence-electron chi connectivity index (χ1n) is 8.01. The Morgan fingerprint density at radius 2 is 2.19 bits per heavy atom. The van der Waals surface area contributed by atoms with E-state index in [4.69, 9.17) is 4.98 Å². The number of rotatable bonds is 4. The van der Waals surface area contributed by atoms with Gasteiger partial charge in [-0.15, -0.1) is 0 Å². The molecule has 3 rings (SSSR count). The number of nitrogens with zero attached hydrogens (tertiary/aromatic N) is 2. The van der Waals surface area contributed by atoms with E-state index in [2.05, 4.69) is 55.4 Å². The summed E-state index contributed by atoms with van der Waals surface area (Å²) in [6, 6.07) is 9.42. The first-order valence-corrected chi connectivity index (χ1v) is 8.01. The standard InChI is InChI=1S/C18H25N3/c1-4-14-7-8-17-16(11-14)13(2)10-18(20-17)19-12-15-6-5-9-21(15)3/h7-8,10-11,15H,4-6,9,12H2,1-3H3,(H,19,20)/t15-/m1/s1. The molecule has 1 atom stereocenters. The van der Waals surface area contributed by atoms with Crippen LogP contribution in [0.25, 0.3) is 10.9 Å². The van der Waals surface area contributed by atoms with E-state index in [0.717, 1.165) is 24.3 Å². The third-order valence-electron chi connectivity index (χ3n) is 4.68. The Morgan fingerprint density at radius 1 is 1.33 bits per heavy atom. The van der Waals surface area contributed by atoms with Gasteiger partial charge in [0.25, 0.3) is 0 Å². The molecule has 1 saturated heterocycles. The van der Waals surface area contributed by atoms with Crippen molar-refractivity contribution < 1.29 is 0 Å². The van der Waals surface area contributed by atoms with Crippen LogP contribution in [0, 0.1) is 6.92 Å². The lowest BCUT2D eigenvalue weighted by molar-refractivity contribution is 0.322. The van der Waals surface area contributed by atoms with Crippen LogP contribution in [-0.4, -0.2) is 36.1 Å². The van der Waals surface area contributed by atoms with Crippen LogP contribution in [0.15, 0.2) is 24.3 Å². The molecule has 1 fully saturated rings. The van der Waals surface area contributed by atoms with Crippen molar-refractivity contribution >= 4 is 16.7 Å². The van der Waals surface area contributed by atoms with E-state index >= 15 is 0 Å². The largest absolute Gasteiger partial charge is 0.368 e. The van der Waals surface area contributed by atoms with Gasteiger partial charge in [-0.25, -0.2) is 4.98 Å². The summed E-state index contributed by atoms with van der Waals surface area (Å²) in [7, 11) is 2.21. The van der Waals surface area contributed by atoms with Crippen molar-refractivity contribution in [1.82, 2.24) is 9.88 Å². The number of likely N-dealkylation sites (tertiary alicyclic amines) is 1. The highest BCUT2D eigenvalue weighted by Gasteiger charge is 2.20. The first-order chi connectivity index (χ1) is 10.2. The van der Waals surface area contributed by atoms with Crippen molar-refractivity contribution in [2.75, 3.05) is 25.5 Å². The molecule has 0 unspecified atom stereocenters. The smallest absolute Gasteiger partial charge is 0.126 e. The SMILES string of the molecule is CCc1ccc2nc(NC[C@H]3CCCN3C)cc(C)c2c1. The quantitative estimate of drug-likeness (QED) is 0.929. The molecule has 1 aromatic carbocycles. The minimum atomic E-state index is 0.644. The van der Waals surface area contributed by atoms with Crippen molar-refractivity contribution in [3.8, 4) is 0 Å². The van der Waals surface area contributed by atoms with E-state index in [1.54, 1.807) is 0 Å². The molecule has 0 aliphatic carbocycles. The maximum atomic E-state index is 4.77. The van der Waals surface area contributed by atoms with E-state index in [9.17, 15) is 0 Å². The number of anilines is 1. The summed E-state index contributed by atoms with van der Waals surface area (Å²) in [4.78, 5) is 7.21. The van der Waals surface area contributed by atoms with Gasteiger partial charge in [-0.3, -0.25) is 0 Å². The summed E-state index contributed by atoms with van der Waals surface area (Å²) in [5.41, 5.74) is 3.77. The highest BCUT2D eigenvalue weighted by molar-refractivity contribution is 5.84. The number of fused-ring (bicyclic) bond motifs is 1. The third kappa shape index (κ3) is 3.03. The van der Waals surface area contributed by atoms with E-state index in [-0.39, 0.29) is 0 Å². The maximum absolute atomic E-state index is 4.77. The van der Waals surface area contributed by atoms with Gasteiger partial charge in [0.05, 0.1) is 5.52 Å². The summed E-state index contributed by atoms with van der Waals surface area (Å²) in [5, 5.41) is 4.80. The van der Waals surface area contributed by atoms with E-state index in [0.29, 0.717) is 6.04 Å². The van der Waals surface area contributed by atoms with Gasteiger partial charge in [0.2, 0.25) is 0 Å². The average Bonchev–Trinajstić information content (AvgIpc) is 2.90. The number of pyridine rings is 1. The van der Waals surface area contributed by atoms with Crippen LogP contribution >= 0.6 is 0 Å². The summed E-state index contributed by atoms with van der Waals surface area (Å²) in [6.07, 6.45) is 3.67. The number of hydrogen-bond acceptors (Lipinski definition) is 3. The number of aryl methyl sites for hydroxylation is 2. The molecule has 0 bridgehead atoms. The number of hydrogen-bond donors (Lipinski definition) is 1. The van der Waals surface area contributed by atoms with Crippen LogP contribution in [-0.2, 0) is 6.42 Å². The lowest BCUT2D eigenvalue weighted by atomic mass is 10.1. The summed E-state index contributed by atoms with van der Waals surface area (Å²) >= 11 is 0. The van der Waals surface area contributed by atoms with Gasteiger partial charge in [-0.1, -0.05) is 13.0 Å². The molecule has 2 heterocycles. The molecule has 112 valence electrons. The highest BCUT2D eigenvalue weighted by atomic mass is 15.2. The summed E-state index contributed by atoms with van der Waals surface area (Å²) < 4.78 is 0. The van der Waals surface area contributed by atoms with Gasteiger partial charge in [0, 0.05) is 18.0 Å². The molecule has 3 heteroatoms. The molecule has 0 amide bonds. The Bertz CT molecular complexity index is 636. The lowest BCUT2D eigenvalue weighted by Gasteiger charge is -2.20. The molecule has 0 spiro atoms. The molecule has 1 N–H and O–H groups in total. The molecule has 0 radical (unpaired) electrons. The topological polar surface area (TPSA) is 28.2 Å². The normalized spacial score (nSPS) is 19.3. The molecule has 1 aliphatic rings. The number of benzene rings is 1. The Balaban J connectivity index is 1.80. The van der Waals surface area contributed by atoms with Crippen LogP contribution in [0.4, 0.5) is 5.82 Å². The monoisotopic (exact) mass is 283 g/mol. The number of aromatic nitrogens is 1. The molecule has 0 saturated carbocycles. The second kappa shape index (κ2) is 6.02. The van der Waals surface area contributed by atoms with Gasteiger partial charge in [0.1, 0.15) is 5.82 Å². The predicted molar refractivity (Wildman–Crippen MR) is 90.0 cm³/mol. The fourth-order valence-electron chi connectivity index (χ4n) is 3.21. The van der Waals surface area contributed by atoms with Crippen molar-refractivity contribution in [3.05, 3.63) is 35.4 Å². The van der Waals surface area contributed by atoms with Crippen molar-refractivity contribution in [3.63, 3.8) is 0 Å². The molecule has 1 aliphatic heterocycles. The molecule has 2 aromatic rings. The molecular weight excluding hydrogens is 258 g/mol. The fraction of sp³-hybridized carbons (Fsp3) is 0.500. The minimum absolute atomic E-state index is 0.644. The Hall–Kier alpha value is -1.61. The van der Waals surface area contributed by atoms with Crippen LogP contribution in [0.3, 0.4) is 0 Å². The van der Waals surface area contributed by atoms with Gasteiger partial charge in [-0.05, 0) is 69.1 Å². The molecule has 1 aromatic heterocycles. The Labute approximate surface area is 127 Å². The van der Waals surface area contributed by atoms with Gasteiger partial charge < -0.3 is 10.2 Å². The second-order valence-corrected chi connectivity index (χ2v) is 6.19. The molecule has 3 nitrogen and oxygen atoms in total. The zero-order valence-electron chi connectivity index (χ0n) is 13.3. The molecular formula is C18H25N3. The first kappa shape index (κ1) is 14.3. The van der Waals surface area contributed by atoms with Crippen LogP contribution in [0.2, 0.25) is 0 Å². The molecule has 21 heavy (non-hydrogen) atoms. The summed E-state index contributed by atoms with van der Waals surface area (Å²) in [6.45, 7) is 6.58. The van der Waals surface area contributed by atoms with Crippen LogP contribution in [0.1, 0.15) is 30.9 Å². The predicted octanol–water partition coefficient (Wildman–Crippen LogP) is 3.61. The van der Waals surface area contributed by atoms with Crippen molar-refractivity contribution in [2.24, 2.45) is 0 Å². The van der Waals surface area contributed by atoms with Gasteiger partial charge in [0.15, 0.2) is 0 Å². The van der Waals surface area contributed by atoms with E-state index in [1.807, 2.05) is 0 Å². The fourth-order valence-corrected chi connectivity index (χ4v) is 3.21. The Kier molecular flexibility index (Phi) is 4.11. The number of nitrogens with one attached hydrogen (secondary N) is 1. The van der Waals surface area contributed by atoms with Gasteiger partial charge in [-0.2, -0.15) is 0 Å². The van der Waals surface area contributed by atoms with Crippen LogP contribution in [0.5, 0.6) is 0 Å². The highest BCUT2D eigenvalue weighted by Crippen LogP contribution is 2.22. The maximum Gasteiger partial charge on any atom is 0.126 e. The van der Waals surface area contributed by atoms with E-state index < -0.39 is 0 Å². The van der Waals surface area contributed by atoms with E-state index in [1.165, 1.54) is 35.9 Å². The van der Waals surface area contributed by atoms with Crippen molar-refractivity contribution in [2.45, 2.75) is 39.2 Å². The van der Waals surface area contributed by atoms with Gasteiger partial charge >= 0.3 is 0 Å². The Morgan fingerprint density at radius 3 is 2.90 bits per heavy atom. The average molecular weight is 283 g/mol. The zero-order valence-corrected chi connectivity index (χ0v) is 13.3. The van der Waals surface area contributed by atoms with Crippen molar-refractivity contribution in [1.29, 1.82) is 0 Å². The minimum Gasteiger partial charge on any atom is -0.368 e. The third-order valence-corrected chi connectivity index (χ3v) is 4.68. The lowest BCUT2D eigenvalue weighted by Crippen LogP contribution is -2.31. The second-order valence-electron chi connectivity index (χ2n) is 6.19. The van der Waals surface area contributed by atoms with Crippen LogP contribution < -0.4 is 5.32 Å². The summed E-state index contributed by atoms with van der Waals surface area (Å²) in [5.74, 6) is 1.00. The zero-order chi connectivity index (χ0) is 14.8. The number of likely N-dealkylation sites (N-methyl/N-ethyl adjacent to an activating group) is 1.